The maximum absolute atomic E-state index is 12.3. The number of hydrogen-bond acceptors (Lipinski definition) is 5. The molecule has 1 fully saturated rings. The fourth-order valence-electron chi connectivity index (χ4n) is 3.50. The summed E-state index contributed by atoms with van der Waals surface area (Å²) in [6.45, 7) is 3.87. The van der Waals surface area contributed by atoms with Crippen LogP contribution >= 0.6 is 23.4 Å². The molecule has 1 N–H and O–H groups in total. The van der Waals surface area contributed by atoms with Crippen LogP contribution in [0.5, 0.6) is 0 Å². The lowest BCUT2D eigenvalue weighted by Crippen LogP contribution is -2.34. The van der Waals surface area contributed by atoms with Crippen LogP contribution in [0.1, 0.15) is 12.8 Å². The molecule has 0 bridgehead atoms. The standard InChI is InChI=1S/C22H24ClN5OS/c23-18-10-8-17(9-11-18)21-25-26-22(28(21)19-6-2-1-3-7-19)30-16-20(29)24-12-15-27-13-4-5-14-27/h1-3,6-11H,4-5,12-16H2,(H,24,29). The summed E-state index contributed by atoms with van der Waals surface area (Å²) < 4.78 is 1.98. The number of rotatable bonds is 8. The van der Waals surface area contributed by atoms with Crippen molar-refractivity contribution in [3.8, 4) is 17.1 Å². The zero-order valence-electron chi connectivity index (χ0n) is 16.6. The maximum atomic E-state index is 12.3. The third-order valence-electron chi connectivity index (χ3n) is 5.03. The van der Waals surface area contributed by atoms with Gasteiger partial charge in [0.15, 0.2) is 11.0 Å². The first-order valence-electron chi connectivity index (χ1n) is 10.1. The van der Waals surface area contributed by atoms with Crippen LogP contribution in [0.4, 0.5) is 0 Å². The average Bonchev–Trinajstić information content (AvgIpc) is 3.43. The van der Waals surface area contributed by atoms with E-state index in [4.69, 9.17) is 11.6 Å². The lowest BCUT2D eigenvalue weighted by atomic mass is 10.2. The molecule has 30 heavy (non-hydrogen) atoms. The van der Waals surface area contributed by atoms with E-state index in [1.165, 1.54) is 24.6 Å². The molecule has 0 spiro atoms. The van der Waals surface area contributed by atoms with Gasteiger partial charge in [-0.2, -0.15) is 0 Å². The fraction of sp³-hybridized carbons (Fsp3) is 0.318. The second-order valence-electron chi connectivity index (χ2n) is 7.17. The predicted molar refractivity (Wildman–Crippen MR) is 121 cm³/mol. The zero-order valence-corrected chi connectivity index (χ0v) is 18.2. The van der Waals surface area contributed by atoms with Crippen LogP contribution in [-0.4, -0.2) is 57.5 Å². The Hall–Kier alpha value is -2.35. The lowest BCUT2D eigenvalue weighted by Gasteiger charge is -2.14. The van der Waals surface area contributed by atoms with Gasteiger partial charge < -0.3 is 10.2 Å². The first-order valence-corrected chi connectivity index (χ1v) is 11.5. The van der Waals surface area contributed by atoms with Crippen molar-refractivity contribution in [2.45, 2.75) is 18.0 Å². The highest BCUT2D eigenvalue weighted by atomic mass is 35.5. The summed E-state index contributed by atoms with van der Waals surface area (Å²) in [5.41, 5.74) is 1.86. The molecule has 156 valence electrons. The Morgan fingerprint density at radius 3 is 2.50 bits per heavy atom. The Bertz CT molecular complexity index is 971. The van der Waals surface area contributed by atoms with Crippen LogP contribution < -0.4 is 5.32 Å². The van der Waals surface area contributed by atoms with E-state index >= 15 is 0 Å². The van der Waals surface area contributed by atoms with Gasteiger partial charge in [0.05, 0.1) is 5.75 Å². The topological polar surface area (TPSA) is 63.1 Å². The summed E-state index contributed by atoms with van der Waals surface area (Å²) in [6, 6.07) is 17.4. The predicted octanol–water partition coefficient (Wildman–Crippen LogP) is 3.89. The number of hydrogen-bond donors (Lipinski definition) is 1. The number of para-hydroxylation sites is 1. The largest absolute Gasteiger partial charge is 0.354 e. The molecular formula is C22H24ClN5OS. The molecule has 2 aromatic carbocycles. The van der Waals surface area contributed by atoms with Gasteiger partial charge in [-0.05, 0) is 62.3 Å². The monoisotopic (exact) mass is 441 g/mol. The van der Waals surface area contributed by atoms with E-state index in [0.29, 0.717) is 22.5 Å². The van der Waals surface area contributed by atoms with E-state index in [1.807, 2.05) is 59.2 Å². The third kappa shape index (κ3) is 5.22. The van der Waals surface area contributed by atoms with E-state index in [-0.39, 0.29) is 5.91 Å². The Morgan fingerprint density at radius 2 is 1.77 bits per heavy atom. The first-order chi connectivity index (χ1) is 14.7. The van der Waals surface area contributed by atoms with Crippen molar-refractivity contribution in [2.24, 2.45) is 0 Å². The van der Waals surface area contributed by atoms with Crippen LogP contribution in [0, 0.1) is 0 Å². The summed E-state index contributed by atoms with van der Waals surface area (Å²) in [7, 11) is 0. The molecule has 8 heteroatoms. The Kier molecular flexibility index (Phi) is 7.04. The Balaban J connectivity index is 1.46. The van der Waals surface area contributed by atoms with Crippen LogP contribution in [-0.2, 0) is 4.79 Å². The zero-order chi connectivity index (χ0) is 20.8. The highest BCUT2D eigenvalue weighted by Gasteiger charge is 2.17. The molecule has 6 nitrogen and oxygen atoms in total. The summed E-state index contributed by atoms with van der Waals surface area (Å²) >= 11 is 7.42. The summed E-state index contributed by atoms with van der Waals surface area (Å²) in [5, 5.41) is 13.1. The minimum atomic E-state index is 0.00912. The number of nitrogens with zero attached hydrogens (tertiary/aromatic N) is 4. The minimum Gasteiger partial charge on any atom is -0.354 e. The number of likely N-dealkylation sites (tertiary alicyclic amines) is 1. The number of carbonyl (C=O) groups excluding carboxylic acids is 1. The molecule has 1 saturated heterocycles. The second-order valence-corrected chi connectivity index (χ2v) is 8.55. The number of thioether (sulfide) groups is 1. The normalized spacial score (nSPS) is 14.2. The van der Waals surface area contributed by atoms with Crippen LogP contribution in [0.3, 0.4) is 0 Å². The van der Waals surface area contributed by atoms with Crippen molar-refractivity contribution in [3.05, 3.63) is 59.6 Å². The molecule has 4 rings (SSSR count). The number of carbonyl (C=O) groups is 1. The average molecular weight is 442 g/mol. The SMILES string of the molecule is O=C(CSc1nnc(-c2ccc(Cl)cc2)n1-c1ccccc1)NCCN1CCCC1. The van der Waals surface area contributed by atoms with E-state index in [9.17, 15) is 4.79 Å². The lowest BCUT2D eigenvalue weighted by molar-refractivity contribution is -0.118. The van der Waals surface area contributed by atoms with Crippen molar-refractivity contribution < 1.29 is 4.79 Å². The van der Waals surface area contributed by atoms with Crippen molar-refractivity contribution in [1.29, 1.82) is 0 Å². The van der Waals surface area contributed by atoms with Gasteiger partial charge >= 0.3 is 0 Å². The molecule has 0 unspecified atom stereocenters. The van der Waals surface area contributed by atoms with Gasteiger partial charge in [-0.1, -0.05) is 41.6 Å². The first kappa shape index (κ1) is 20.9. The minimum absolute atomic E-state index is 0.00912. The summed E-state index contributed by atoms with van der Waals surface area (Å²) in [4.78, 5) is 14.7. The Morgan fingerprint density at radius 1 is 1.03 bits per heavy atom. The number of halogens is 1. The summed E-state index contributed by atoms with van der Waals surface area (Å²) in [6.07, 6.45) is 2.52. The van der Waals surface area contributed by atoms with Crippen molar-refractivity contribution >= 4 is 29.3 Å². The maximum Gasteiger partial charge on any atom is 0.230 e. The van der Waals surface area contributed by atoms with Gasteiger partial charge in [0.2, 0.25) is 5.91 Å². The molecule has 1 aromatic heterocycles. The number of amides is 1. The molecule has 1 aliphatic rings. The number of aromatic nitrogens is 3. The van der Waals surface area contributed by atoms with Crippen molar-refractivity contribution in [1.82, 2.24) is 25.0 Å². The second kappa shape index (κ2) is 10.1. The van der Waals surface area contributed by atoms with E-state index in [2.05, 4.69) is 20.4 Å². The summed E-state index contributed by atoms with van der Waals surface area (Å²) in [5.74, 6) is 1.02. The molecule has 1 aliphatic heterocycles. The molecule has 0 saturated carbocycles. The van der Waals surface area contributed by atoms with Gasteiger partial charge in [0.1, 0.15) is 0 Å². The molecule has 2 heterocycles. The Labute approximate surface area is 185 Å². The van der Waals surface area contributed by atoms with E-state index in [0.717, 1.165) is 36.7 Å². The van der Waals surface area contributed by atoms with Crippen LogP contribution in [0.25, 0.3) is 17.1 Å². The number of benzene rings is 2. The van der Waals surface area contributed by atoms with Gasteiger partial charge in [-0.3, -0.25) is 9.36 Å². The molecule has 3 aromatic rings. The quantitative estimate of drug-likeness (QED) is 0.537. The van der Waals surface area contributed by atoms with Crippen LogP contribution in [0.2, 0.25) is 5.02 Å². The molecule has 0 radical (unpaired) electrons. The fourth-order valence-corrected chi connectivity index (χ4v) is 4.41. The van der Waals surface area contributed by atoms with Gasteiger partial charge in [0, 0.05) is 29.4 Å². The number of nitrogens with one attached hydrogen (secondary N) is 1. The van der Waals surface area contributed by atoms with E-state index < -0.39 is 0 Å². The highest BCUT2D eigenvalue weighted by Crippen LogP contribution is 2.28. The molecule has 1 amide bonds. The molecular weight excluding hydrogens is 418 g/mol. The van der Waals surface area contributed by atoms with E-state index in [1.54, 1.807) is 0 Å². The van der Waals surface area contributed by atoms with Crippen LogP contribution in [0.15, 0.2) is 59.8 Å². The van der Waals surface area contributed by atoms with Gasteiger partial charge in [-0.15, -0.1) is 10.2 Å². The smallest absolute Gasteiger partial charge is 0.230 e. The van der Waals surface area contributed by atoms with Gasteiger partial charge in [-0.25, -0.2) is 0 Å². The molecule has 0 aliphatic carbocycles. The van der Waals surface area contributed by atoms with Crippen molar-refractivity contribution in [3.63, 3.8) is 0 Å². The third-order valence-corrected chi connectivity index (χ3v) is 6.21. The van der Waals surface area contributed by atoms with Gasteiger partial charge in [0.25, 0.3) is 0 Å². The highest BCUT2D eigenvalue weighted by molar-refractivity contribution is 7.99. The molecule has 0 atom stereocenters. The van der Waals surface area contributed by atoms with Crippen molar-refractivity contribution in [2.75, 3.05) is 31.9 Å².